The summed E-state index contributed by atoms with van der Waals surface area (Å²) in [7, 11) is -3.43. The summed E-state index contributed by atoms with van der Waals surface area (Å²) >= 11 is 0. The van der Waals surface area contributed by atoms with E-state index in [0.717, 1.165) is 12.8 Å². The first-order chi connectivity index (χ1) is 7.83. The van der Waals surface area contributed by atoms with Crippen LogP contribution in [0.1, 0.15) is 32.6 Å². The van der Waals surface area contributed by atoms with Crippen LogP contribution in [0, 0.1) is 0 Å². The van der Waals surface area contributed by atoms with Crippen molar-refractivity contribution in [3.63, 3.8) is 0 Å². The number of carbonyl (C=O) groups is 1. The van der Waals surface area contributed by atoms with E-state index in [1.807, 2.05) is 0 Å². The van der Waals surface area contributed by atoms with Gasteiger partial charge in [0.2, 0.25) is 10.0 Å². The molecule has 0 aliphatic carbocycles. The fourth-order valence-corrected chi connectivity index (χ4v) is 3.39. The highest BCUT2D eigenvalue weighted by atomic mass is 32.2. The number of ether oxygens (including phenoxy) is 1. The first-order valence-corrected chi connectivity index (χ1v) is 7.29. The van der Waals surface area contributed by atoms with Gasteiger partial charge in [-0.25, -0.2) is 13.1 Å². The zero-order valence-electron chi connectivity index (χ0n) is 9.94. The van der Waals surface area contributed by atoms with Crippen LogP contribution in [0.2, 0.25) is 0 Å². The molecule has 1 fully saturated rings. The summed E-state index contributed by atoms with van der Waals surface area (Å²) in [6.07, 6.45) is 1.56. The van der Waals surface area contributed by atoms with Gasteiger partial charge in [0.25, 0.3) is 0 Å². The number of nitrogens with one attached hydrogen (secondary N) is 1. The summed E-state index contributed by atoms with van der Waals surface area (Å²) in [6.45, 7) is 2.84. The van der Waals surface area contributed by atoms with Gasteiger partial charge in [-0.3, -0.25) is 4.79 Å². The van der Waals surface area contributed by atoms with Crippen LogP contribution in [0.3, 0.4) is 0 Å². The molecule has 6 nitrogen and oxygen atoms in total. The summed E-state index contributed by atoms with van der Waals surface area (Å²) in [5.41, 5.74) is -0.555. The Balaban J connectivity index is 2.45. The molecule has 0 saturated carbocycles. The Morgan fingerprint density at radius 1 is 1.53 bits per heavy atom. The van der Waals surface area contributed by atoms with Crippen molar-refractivity contribution in [1.29, 1.82) is 0 Å². The Morgan fingerprint density at radius 2 is 2.24 bits per heavy atom. The molecule has 0 radical (unpaired) electrons. The number of rotatable bonds is 6. The van der Waals surface area contributed by atoms with Crippen molar-refractivity contribution < 1.29 is 23.1 Å². The largest absolute Gasteiger partial charge is 0.481 e. The molecular formula is C10H19NO5S. The molecule has 0 spiro atoms. The molecule has 1 aliphatic heterocycles. The van der Waals surface area contributed by atoms with Gasteiger partial charge < -0.3 is 9.84 Å². The van der Waals surface area contributed by atoms with Crippen molar-refractivity contribution >= 4 is 16.0 Å². The van der Waals surface area contributed by atoms with Crippen LogP contribution in [0.5, 0.6) is 0 Å². The number of aliphatic carboxylic acids is 1. The van der Waals surface area contributed by atoms with E-state index in [2.05, 4.69) is 4.72 Å². The highest BCUT2D eigenvalue weighted by Crippen LogP contribution is 2.19. The van der Waals surface area contributed by atoms with Gasteiger partial charge in [-0.15, -0.1) is 0 Å². The minimum Gasteiger partial charge on any atom is -0.481 e. The molecule has 0 aromatic carbocycles. The Bertz CT molecular complexity index is 359. The van der Waals surface area contributed by atoms with Crippen LogP contribution in [-0.4, -0.2) is 44.0 Å². The molecule has 2 N–H and O–H groups in total. The fourth-order valence-electron chi connectivity index (χ4n) is 1.85. The number of carboxylic acid groups (broad SMARTS) is 1. The van der Waals surface area contributed by atoms with Gasteiger partial charge in [-0.05, 0) is 26.2 Å². The van der Waals surface area contributed by atoms with Gasteiger partial charge >= 0.3 is 5.97 Å². The van der Waals surface area contributed by atoms with Crippen molar-refractivity contribution in [2.45, 2.75) is 38.1 Å². The third kappa shape index (κ3) is 5.47. The quantitative estimate of drug-likeness (QED) is 0.722. The standard InChI is InChI=1S/C10H19NO5S/c1-10(5-3-6-16-8-10)11-17(14,15)7-2-4-9(12)13/h11H,2-8H2,1H3,(H,12,13). The summed E-state index contributed by atoms with van der Waals surface area (Å²) in [5, 5.41) is 8.45. The highest BCUT2D eigenvalue weighted by molar-refractivity contribution is 7.89. The first-order valence-electron chi connectivity index (χ1n) is 5.64. The second-order valence-electron chi connectivity index (χ2n) is 4.64. The van der Waals surface area contributed by atoms with Crippen molar-refractivity contribution in [2.75, 3.05) is 19.0 Å². The minimum absolute atomic E-state index is 0.127. The highest BCUT2D eigenvalue weighted by Gasteiger charge is 2.31. The smallest absolute Gasteiger partial charge is 0.303 e. The van der Waals surface area contributed by atoms with E-state index >= 15 is 0 Å². The lowest BCUT2D eigenvalue weighted by atomic mass is 9.97. The molecule has 0 aromatic rings. The van der Waals surface area contributed by atoms with Crippen molar-refractivity contribution in [3.05, 3.63) is 0 Å². The molecule has 7 heteroatoms. The van der Waals surface area contributed by atoms with E-state index in [-0.39, 0.29) is 18.6 Å². The van der Waals surface area contributed by atoms with Crippen LogP contribution in [0.25, 0.3) is 0 Å². The third-order valence-electron chi connectivity index (χ3n) is 2.64. The van der Waals surface area contributed by atoms with Crippen LogP contribution < -0.4 is 4.72 Å². The molecule has 1 unspecified atom stereocenters. The SMILES string of the molecule is CC1(NS(=O)(=O)CCCC(=O)O)CCCOC1. The minimum atomic E-state index is -3.43. The van der Waals surface area contributed by atoms with E-state index in [9.17, 15) is 13.2 Å². The maximum atomic E-state index is 11.7. The third-order valence-corrected chi connectivity index (χ3v) is 4.27. The van der Waals surface area contributed by atoms with Crippen LogP contribution in [0.4, 0.5) is 0 Å². The molecule has 0 bridgehead atoms. The Hall–Kier alpha value is -0.660. The number of sulfonamides is 1. The van der Waals surface area contributed by atoms with Crippen molar-refractivity contribution in [2.24, 2.45) is 0 Å². The summed E-state index contributed by atoms with van der Waals surface area (Å²) < 4.78 is 31.3. The Morgan fingerprint density at radius 3 is 2.76 bits per heavy atom. The van der Waals surface area contributed by atoms with Gasteiger partial charge in [0.05, 0.1) is 17.9 Å². The zero-order chi connectivity index (χ0) is 12.9. The predicted octanol–water partition coefficient (Wildman–Crippen LogP) is 0.340. The lowest BCUT2D eigenvalue weighted by Gasteiger charge is -2.33. The molecule has 0 aromatic heterocycles. The van der Waals surface area contributed by atoms with Gasteiger partial charge in [-0.2, -0.15) is 0 Å². The maximum Gasteiger partial charge on any atom is 0.303 e. The molecule has 1 saturated heterocycles. The predicted molar refractivity (Wildman–Crippen MR) is 62.3 cm³/mol. The average molecular weight is 265 g/mol. The molecule has 1 rings (SSSR count). The van der Waals surface area contributed by atoms with Crippen LogP contribution in [0.15, 0.2) is 0 Å². The number of hydrogen-bond donors (Lipinski definition) is 2. The molecule has 1 aliphatic rings. The van der Waals surface area contributed by atoms with E-state index in [4.69, 9.17) is 9.84 Å². The van der Waals surface area contributed by atoms with Gasteiger partial charge in [0, 0.05) is 13.0 Å². The normalized spacial score (nSPS) is 25.7. The van der Waals surface area contributed by atoms with Crippen LogP contribution in [-0.2, 0) is 19.6 Å². The Kier molecular flexibility index (Phi) is 4.91. The molecule has 100 valence electrons. The second kappa shape index (κ2) is 5.79. The number of carboxylic acids is 1. The molecule has 1 heterocycles. The summed E-state index contributed by atoms with van der Waals surface area (Å²) in [5.74, 6) is -1.14. The fraction of sp³-hybridized carbons (Fsp3) is 0.900. The monoisotopic (exact) mass is 265 g/mol. The zero-order valence-corrected chi connectivity index (χ0v) is 10.8. The van der Waals surface area contributed by atoms with Crippen molar-refractivity contribution in [1.82, 2.24) is 4.72 Å². The average Bonchev–Trinajstić information content (AvgIpc) is 2.15. The van der Waals surface area contributed by atoms with Crippen molar-refractivity contribution in [3.8, 4) is 0 Å². The van der Waals surface area contributed by atoms with E-state index in [0.29, 0.717) is 13.2 Å². The van der Waals surface area contributed by atoms with Crippen LogP contribution >= 0.6 is 0 Å². The van der Waals surface area contributed by atoms with E-state index < -0.39 is 21.5 Å². The lowest BCUT2D eigenvalue weighted by Crippen LogP contribution is -2.52. The number of hydrogen-bond acceptors (Lipinski definition) is 4. The maximum absolute atomic E-state index is 11.7. The molecule has 1 atom stereocenters. The Labute approximate surface area is 101 Å². The summed E-state index contributed by atoms with van der Waals surface area (Å²) in [4.78, 5) is 10.3. The molecular weight excluding hydrogens is 246 g/mol. The van der Waals surface area contributed by atoms with Gasteiger partial charge in [0.15, 0.2) is 0 Å². The first kappa shape index (κ1) is 14.4. The van der Waals surface area contributed by atoms with Gasteiger partial charge in [-0.1, -0.05) is 0 Å². The van der Waals surface area contributed by atoms with Gasteiger partial charge in [0.1, 0.15) is 0 Å². The topological polar surface area (TPSA) is 92.7 Å². The molecule has 0 amide bonds. The summed E-state index contributed by atoms with van der Waals surface area (Å²) in [6, 6.07) is 0. The molecule has 17 heavy (non-hydrogen) atoms. The second-order valence-corrected chi connectivity index (χ2v) is 6.48. The van der Waals surface area contributed by atoms with E-state index in [1.165, 1.54) is 0 Å². The lowest BCUT2D eigenvalue weighted by molar-refractivity contribution is -0.137. The van der Waals surface area contributed by atoms with E-state index in [1.54, 1.807) is 6.92 Å².